The Bertz CT molecular complexity index is 919. The summed E-state index contributed by atoms with van der Waals surface area (Å²) in [5.74, 6) is 0.354. The molecule has 0 aliphatic heterocycles. The zero-order chi connectivity index (χ0) is 20.1. The van der Waals surface area contributed by atoms with Gasteiger partial charge < -0.3 is 14.9 Å². The van der Waals surface area contributed by atoms with Crippen LogP contribution in [0.5, 0.6) is 0 Å². The Labute approximate surface area is 178 Å². The van der Waals surface area contributed by atoms with Gasteiger partial charge in [0.2, 0.25) is 0 Å². The molecule has 4 nitrogen and oxygen atoms in total. The first-order chi connectivity index (χ1) is 13.4. The summed E-state index contributed by atoms with van der Waals surface area (Å²) >= 11 is 9.03. The molecule has 1 atom stereocenters. The largest absolute Gasteiger partial charge is 0.377 e. The highest BCUT2D eigenvalue weighted by Gasteiger charge is 2.13. The summed E-state index contributed by atoms with van der Waals surface area (Å²) in [5, 5.41) is 5.65. The van der Waals surface area contributed by atoms with E-state index in [0.717, 1.165) is 24.1 Å². The van der Waals surface area contributed by atoms with Crippen molar-refractivity contribution in [1.29, 1.82) is 0 Å². The van der Waals surface area contributed by atoms with Crippen molar-refractivity contribution in [3.8, 4) is 0 Å². The molecule has 148 valence electrons. The molecular formula is C20H22ClFN4S2. The lowest BCUT2D eigenvalue weighted by molar-refractivity contribution is 0.402. The lowest BCUT2D eigenvalue weighted by atomic mass is 10.0. The molecule has 3 rings (SSSR count). The minimum atomic E-state index is -0.340. The SMILES string of the molecule is CC(Nc1cc(F)c(SNc2cscn2)cc1Cl)c1cccc(CN(C)C)c1. The highest BCUT2D eigenvalue weighted by Crippen LogP contribution is 2.33. The van der Waals surface area contributed by atoms with Gasteiger partial charge in [0.25, 0.3) is 0 Å². The Morgan fingerprint density at radius 2 is 2.11 bits per heavy atom. The highest BCUT2D eigenvalue weighted by molar-refractivity contribution is 8.00. The minimum Gasteiger partial charge on any atom is -0.377 e. The lowest BCUT2D eigenvalue weighted by Gasteiger charge is -2.19. The van der Waals surface area contributed by atoms with Crippen LogP contribution in [-0.2, 0) is 6.54 Å². The normalized spacial score (nSPS) is 12.2. The average Bonchev–Trinajstić information content (AvgIpc) is 3.16. The van der Waals surface area contributed by atoms with Crippen LogP contribution in [-0.4, -0.2) is 24.0 Å². The van der Waals surface area contributed by atoms with Crippen LogP contribution >= 0.6 is 34.9 Å². The third-order valence-corrected chi connectivity index (χ3v) is 5.78. The smallest absolute Gasteiger partial charge is 0.147 e. The van der Waals surface area contributed by atoms with Gasteiger partial charge in [-0.1, -0.05) is 35.9 Å². The monoisotopic (exact) mass is 436 g/mol. The number of nitrogens with one attached hydrogen (secondary N) is 2. The maximum atomic E-state index is 14.5. The predicted molar refractivity (Wildman–Crippen MR) is 119 cm³/mol. The van der Waals surface area contributed by atoms with E-state index < -0.39 is 0 Å². The van der Waals surface area contributed by atoms with Gasteiger partial charge >= 0.3 is 0 Å². The zero-order valence-electron chi connectivity index (χ0n) is 15.9. The van der Waals surface area contributed by atoms with Crippen LogP contribution in [0.15, 0.2) is 52.2 Å². The van der Waals surface area contributed by atoms with Crippen LogP contribution in [0.2, 0.25) is 5.02 Å². The highest BCUT2D eigenvalue weighted by atomic mass is 35.5. The molecule has 0 fully saturated rings. The van der Waals surface area contributed by atoms with E-state index in [0.29, 0.717) is 21.4 Å². The maximum Gasteiger partial charge on any atom is 0.147 e. The van der Waals surface area contributed by atoms with Crippen molar-refractivity contribution >= 4 is 46.4 Å². The first kappa shape index (κ1) is 20.9. The Morgan fingerprint density at radius 1 is 1.29 bits per heavy atom. The number of anilines is 2. The van der Waals surface area contributed by atoms with E-state index in [-0.39, 0.29) is 11.9 Å². The molecule has 1 unspecified atom stereocenters. The molecule has 0 bridgehead atoms. The van der Waals surface area contributed by atoms with Crippen LogP contribution < -0.4 is 10.0 Å². The summed E-state index contributed by atoms with van der Waals surface area (Å²) in [5.41, 5.74) is 4.64. The second-order valence-corrected chi connectivity index (χ2v) is 8.66. The van der Waals surface area contributed by atoms with Gasteiger partial charge in [-0.3, -0.25) is 0 Å². The third kappa shape index (κ3) is 5.61. The summed E-state index contributed by atoms with van der Waals surface area (Å²) in [4.78, 5) is 6.66. The van der Waals surface area contributed by atoms with Crippen molar-refractivity contribution in [2.24, 2.45) is 0 Å². The molecule has 0 aliphatic carbocycles. The fourth-order valence-electron chi connectivity index (χ4n) is 2.73. The molecule has 0 amide bonds. The van der Waals surface area contributed by atoms with Crippen molar-refractivity contribution in [1.82, 2.24) is 9.88 Å². The number of aromatic nitrogens is 1. The van der Waals surface area contributed by atoms with Crippen molar-refractivity contribution in [3.05, 3.63) is 69.3 Å². The van der Waals surface area contributed by atoms with Crippen molar-refractivity contribution in [3.63, 3.8) is 0 Å². The van der Waals surface area contributed by atoms with E-state index in [4.69, 9.17) is 11.6 Å². The molecule has 1 heterocycles. The molecule has 3 aromatic rings. The number of benzene rings is 2. The molecular weight excluding hydrogens is 415 g/mol. The Kier molecular flexibility index (Phi) is 7.18. The molecule has 28 heavy (non-hydrogen) atoms. The molecule has 0 radical (unpaired) electrons. The topological polar surface area (TPSA) is 40.2 Å². The standard InChI is InChI=1S/C20H22ClFN4S2/c1-13(15-6-4-5-14(7-15)10-26(2)3)24-18-9-17(22)19(8-16(18)21)28-25-20-11-27-12-23-20/h4-9,11-13,24-25H,10H2,1-3H3. The Hall–Kier alpha value is -1.80. The van der Waals surface area contributed by atoms with Crippen LogP contribution in [0.1, 0.15) is 24.1 Å². The van der Waals surface area contributed by atoms with E-state index in [1.54, 1.807) is 11.6 Å². The molecule has 0 saturated carbocycles. The van der Waals surface area contributed by atoms with Gasteiger partial charge in [-0.05, 0) is 56.2 Å². The van der Waals surface area contributed by atoms with Crippen molar-refractivity contribution in [2.75, 3.05) is 24.1 Å². The van der Waals surface area contributed by atoms with Crippen LogP contribution in [0.4, 0.5) is 15.9 Å². The third-order valence-electron chi connectivity index (χ3n) is 4.04. The number of nitrogens with zero attached hydrogens (tertiary/aromatic N) is 2. The van der Waals surface area contributed by atoms with E-state index in [9.17, 15) is 4.39 Å². The van der Waals surface area contributed by atoms with Gasteiger partial charge in [0.15, 0.2) is 0 Å². The number of rotatable bonds is 8. The van der Waals surface area contributed by atoms with E-state index in [1.165, 1.54) is 23.0 Å². The Balaban J connectivity index is 1.70. The van der Waals surface area contributed by atoms with E-state index in [2.05, 4.69) is 38.1 Å². The fraction of sp³-hybridized carbons (Fsp3) is 0.250. The zero-order valence-corrected chi connectivity index (χ0v) is 18.3. The summed E-state index contributed by atoms with van der Waals surface area (Å²) in [6.45, 7) is 2.91. The lowest BCUT2D eigenvalue weighted by Crippen LogP contribution is -2.12. The number of hydrogen-bond donors (Lipinski definition) is 2. The van der Waals surface area contributed by atoms with Gasteiger partial charge in [-0.15, -0.1) is 11.3 Å². The molecule has 0 spiro atoms. The summed E-state index contributed by atoms with van der Waals surface area (Å²) in [6.07, 6.45) is 0. The van der Waals surface area contributed by atoms with Gasteiger partial charge in [-0.25, -0.2) is 9.37 Å². The van der Waals surface area contributed by atoms with Crippen molar-refractivity contribution in [2.45, 2.75) is 24.4 Å². The number of halogens is 2. The first-order valence-electron chi connectivity index (χ1n) is 8.72. The predicted octanol–water partition coefficient (Wildman–Crippen LogP) is 6.29. The van der Waals surface area contributed by atoms with Crippen LogP contribution in [0.3, 0.4) is 0 Å². The molecule has 1 aromatic heterocycles. The summed E-state index contributed by atoms with van der Waals surface area (Å²) in [7, 11) is 4.08. The maximum absolute atomic E-state index is 14.5. The molecule has 2 aromatic carbocycles. The van der Waals surface area contributed by atoms with Crippen molar-refractivity contribution < 1.29 is 4.39 Å². The van der Waals surface area contributed by atoms with Gasteiger partial charge in [0.05, 0.1) is 21.1 Å². The second-order valence-electron chi connectivity index (χ2n) is 6.69. The quantitative estimate of drug-likeness (QED) is 0.406. The number of hydrogen-bond acceptors (Lipinski definition) is 6. The van der Waals surface area contributed by atoms with E-state index in [1.807, 2.05) is 32.5 Å². The Morgan fingerprint density at radius 3 is 2.82 bits per heavy atom. The summed E-state index contributed by atoms with van der Waals surface area (Å²) in [6, 6.07) is 11.4. The number of thiazole rings is 1. The van der Waals surface area contributed by atoms with Gasteiger partial charge in [-0.2, -0.15) is 0 Å². The molecule has 0 saturated heterocycles. The first-order valence-corrected chi connectivity index (χ1v) is 10.9. The molecule has 0 aliphatic rings. The fourth-order valence-corrected chi connectivity index (χ4v) is 4.23. The average molecular weight is 437 g/mol. The molecule has 8 heteroatoms. The summed E-state index contributed by atoms with van der Waals surface area (Å²) < 4.78 is 17.5. The van der Waals surface area contributed by atoms with Gasteiger partial charge in [0, 0.05) is 18.0 Å². The molecule has 2 N–H and O–H groups in total. The van der Waals surface area contributed by atoms with Crippen LogP contribution in [0, 0.1) is 5.82 Å². The van der Waals surface area contributed by atoms with Gasteiger partial charge in [0.1, 0.15) is 11.6 Å². The second kappa shape index (κ2) is 9.60. The minimum absolute atomic E-state index is 0.00866. The van der Waals surface area contributed by atoms with Crippen LogP contribution in [0.25, 0.3) is 0 Å². The van der Waals surface area contributed by atoms with E-state index >= 15 is 0 Å².